The number of nitrogens with zero attached hydrogens (tertiary/aromatic N) is 2. The predicted octanol–water partition coefficient (Wildman–Crippen LogP) is 0.539. The van der Waals surface area contributed by atoms with Crippen LogP contribution < -0.4 is 5.32 Å². The molecule has 0 unspecified atom stereocenters. The van der Waals surface area contributed by atoms with Gasteiger partial charge in [0.25, 0.3) is 0 Å². The first-order chi connectivity index (χ1) is 7.71. The molecule has 16 heavy (non-hydrogen) atoms. The number of rotatable bonds is 5. The highest BCUT2D eigenvalue weighted by Crippen LogP contribution is 2.10. The van der Waals surface area contributed by atoms with Crippen molar-refractivity contribution < 1.29 is 4.79 Å². The number of hydrogen-bond donors (Lipinski definition) is 1. The monoisotopic (exact) mass is 227 g/mol. The summed E-state index contributed by atoms with van der Waals surface area (Å²) in [6.45, 7) is 8.51. The van der Waals surface area contributed by atoms with Crippen molar-refractivity contribution in [2.75, 3.05) is 39.8 Å². The Morgan fingerprint density at radius 1 is 1.31 bits per heavy atom. The molecule has 1 heterocycles. The number of carbonyl (C=O) groups is 1. The van der Waals surface area contributed by atoms with Crippen LogP contribution in [0, 0.1) is 0 Å². The summed E-state index contributed by atoms with van der Waals surface area (Å²) in [5.41, 5.74) is 0. The normalized spacial score (nSPS) is 18.1. The van der Waals surface area contributed by atoms with E-state index in [9.17, 15) is 4.79 Å². The van der Waals surface area contributed by atoms with Crippen molar-refractivity contribution >= 4 is 5.91 Å². The number of piperidine rings is 1. The molecule has 0 aromatic rings. The molecule has 4 heteroatoms. The third kappa shape index (κ3) is 3.76. The fraction of sp³-hybridized carbons (Fsp3) is 0.917. The molecule has 0 aliphatic carbocycles. The van der Waals surface area contributed by atoms with Gasteiger partial charge < -0.3 is 10.2 Å². The Hall–Kier alpha value is -0.610. The summed E-state index contributed by atoms with van der Waals surface area (Å²) < 4.78 is 0. The average molecular weight is 227 g/mol. The third-order valence-electron chi connectivity index (χ3n) is 3.51. The summed E-state index contributed by atoms with van der Waals surface area (Å²) >= 11 is 0. The average Bonchev–Trinajstić information content (AvgIpc) is 2.35. The van der Waals surface area contributed by atoms with E-state index >= 15 is 0 Å². The van der Waals surface area contributed by atoms with Crippen LogP contribution in [0.4, 0.5) is 0 Å². The lowest BCUT2D eigenvalue weighted by Crippen LogP contribution is -2.47. The molecule has 0 spiro atoms. The second-order valence-corrected chi connectivity index (χ2v) is 4.41. The fourth-order valence-corrected chi connectivity index (χ4v) is 2.16. The van der Waals surface area contributed by atoms with Crippen molar-refractivity contribution in [3.63, 3.8) is 0 Å². The van der Waals surface area contributed by atoms with Crippen molar-refractivity contribution in [2.45, 2.75) is 32.7 Å². The molecule has 0 saturated carbocycles. The van der Waals surface area contributed by atoms with Gasteiger partial charge in [-0.05, 0) is 33.0 Å². The van der Waals surface area contributed by atoms with E-state index in [0.29, 0.717) is 18.5 Å². The van der Waals surface area contributed by atoms with Crippen LogP contribution in [0.3, 0.4) is 0 Å². The minimum atomic E-state index is 0.290. The smallest absolute Gasteiger partial charge is 0.236 e. The SMILES string of the molecule is CCN(CC)CC(=O)N1CCC(NC)CC1. The third-order valence-corrected chi connectivity index (χ3v) is 3.51. The van der Waals surface area contributed by atoms with Gasteiger partial charge in [-0.15, -0.1) is 0 Å². The van der Waals surface area contributed by atoms with Gasteiger partial charge in [0.2, 0.25) is 5.91 Å². The molecule has 0 aromatic heterocycles. The molecule has 4 nitrogen and oxygen atoms in total. The highest BCUT2D eigenvalue weighted by molar-refractivity contribution is 5.78. The predicted molar refractivity (Wildman–Crippen MR) is 66.4 cm³/mol. The molecule has 0 radical (unpaired) electrons. The van der Waals surface area contributed by atoms with Gasteiger partial charge in [0.15, 0.2) is 0 Å². The topological polar surface area (TPSA) is 35.6 Å². The van der Waals surface area contributed by atoms with E-state index in [1.807, 2.05) is 11.9 Å². The van der Waals surface area contributed by atoms with E-state index < -0.39 is 0 Å². The van der Waals surface area contributed by atoms with Crippen LogP contribution in [-0.2, 0) is 4.79 Å². The second kappa shape index (κ2) is 6.86. The Balaban J connectivity index is 2.32. The molecule has 0 aromatic carbocycles. The first kappa shape index (κ1) is 13.5. The van der Waals surface area contributed by atoms with Crippen molar-refractivity contribution in [1.82, 2.24) is 15.1 Å². The Labute approximate surface area is 99.0 Å². The molecule has 1 saturated heterocycles. The minimum Gasteiger partial charge on any atom is -0.341 e. The Morgan fingerprint density at radius 3 is 2.31 bits per heavy atom. The number of carbonyl (C=O) groups excluding carboxylic acids is 1. The largest absolute Gasteiger partial charge is 0.341 e. The van der Waals surface area contributed by atoms with Crippen LogP contribution in [0.2, 0.25) is 0 Å². The van der Waals surface area contributed by atoms with Gasteiger partial charge >= 0.3 is 0 Å². The number of amides is 1. The summed E-state index contributed by atoms with van der Waals surface area (Å²) in [6.07, 6.45) is 2.17. The highest BCUT2D eigenvalue weighted by Gasteiger charge is 2.22. The molecule has 94 valence electrons. The van der Waals surface area contributed by atoms with Crippen molar-refractivity contribution in [3.05, 3.63) is 0 Å². The van der Waals surface area contributed by atoms with E-state index in [4.69, 9.17) is 0 Å². The Bertz CT molecular complexity index is 208. The van der Waals surface area contributed by atoms with Crippen molar-refractivity contribution in [3.8, 4) is 0 Å². The van der Waals surface area contributed by atoms with Gasteiger partial charge in [-0.2, -0.15) is 0 Å². The zero-order valence-corrected chi connectivity index (χ0v) is 10.8. The molecule has 1 aliphatic heterocycles. The zero-order valence-electron chi connectivity index (χ0n) is 10.8. The van der Waals surface area contributed by atoms with E-state index in [-0.39, 0.29) is 0 Å². The molecule has 1 amide bonds. The van der Waals surface area contributed by atoms with E-state index in [1.54, 1.807) is 0 Å². The van der Waals surface area contributed by atoms with Gasteiger partial charge in [0.05, 0.1) is 6.54 Å². The van der Waals surface area contributed by atoms with E-state index in [2.05, 4.69) is 24.1 Å². The summed E-state index contributed by atoms with van der Waals surface area (Å²) in [6, 6.07) is 0.595. The van der Waals surface area contributed by atoms with Crippen LogP contribution >= 0.6 is 0 Å². The van der Waals surface area contributed by atoms with Crippen LogP contribution in [0.25, 0.3) is 0 Å². The van der Waals surface area contributed by atoms with Gasteiger partial charge in [-0.3, -0.25) is 9.69 Å². The number of likely N-dealkylation sites (N-methyl/N-ethyl adjacent to an activating group) is 1. The Kier molecular flexibility index (Phi) is 5.77. The van der Waals surface area contributed by atoms with Gasteiger partial charge in [-0.1, -0.05) is 13.8 Å². The van der Waals surface area contributed by atoms with Crippen molar-refractivity contribution in [1.29, 1.82) is 0 Å². The molecule has 1 fully saturated rings. The van der Waals surface area contributed by atoms with Gasteiger partial charge in [0, 0.05) is 19.1 Å². The maximum absolute atomic E-state index is 12.0. The quantitative estimate of drug-likeness (QED) is 0.744. The number of likely N-dealkylation sites (tertiary alicyclic amines) is 1. The molecule has 0 atom stereocenters. The molecular weight excluding hydrogens is 202 g/mol. The van der Waals surface area contributed by atoms with Gasteiger partial charge in [0.1, 0.15) is 0 Å². The minimum absolute atomic E-state index is 0.290. The lowest BCUT2D eigenvalue weighted by molar-refractivity contribution is -0.133. The number of hydrogen-bond acceptors (Lipinski definition) is 3. The first-order valence-corrected chi connectivity index (χ1v) is 6.38. The fourth-order valence-electron chi connectivity index (χ4n) is 2.16. The molecule has 1 aliphatic rings. The number of nitrogens with one attached hydrogen (secondary N) is 1. The van der Waals surface area contributed by atoms with Crippen LogP contribution in [0.1, 0.15) is 26.7 Å². The van der Waals surface area contributed by atoms with E-state index in [0.717, 1.165) is 39.0 Å². The van der Waals surface area contributed by atoms with Crippen LogP contribution in [0.15, 0.2) is 0 Å². The van der Waals surface area contributed by atoms with Crippen molar-refractivity contribution in [2.24, 2.45) is 0 Å². The summed E-state index contributed by atoms with van der Waals surface area (Å²) in [5.74, 6) is 0.290. The summed E-state index contributed by atoms with van der Waals surface area (Å²) in [4.78, 5) is 16.2. The first-order valence-electron chi connectivity index (χ1n) is 6.38. The lowest BCUT2D eigenvalue weighted by Gasteiger charge is -2.33. The molecule has 0 bridgehead atoms. The summed E-state index contributed by atoms with van der Waals surface area (Å²) in [5, 5.41) is 3.28. The van der Waals surface area contributed by atoms with Crippen LogP contribution in [0.5, 0.6) is 0 Å². The molecule has 1 N–H and O–H groups in total. The highest BCUT2D eigenvalue weighted by atomic mass is 16.2. The lowest BCUT2D eigenvalue weighted by atomic mass is 10.1. The zero-order chi connectivity index (χ0) is 12.0. The maximum atomic E-state index is 12.0. The summed E-state index contributed by atoms with van der Waals surface area (Å²) in [7, 11) is 2.00. The molecule has 1 rings (SSSR count). The van der Waals surface area contributed by atoms with E-state index in [1.165, 1.54) is 0 Å². The standard InChI is InChI=1S/C12H25N3O/c1-4-14(5-2)10-12(16)15-8-6-11(13-3)7-9-15/h11,13H,4-10H2,1-3H3. The maximum Gasteiger partial charge on any atom is 0.236 e. The van der Waals surface area contributed by atoms with Gasteiger partial charge in [-0.25, -0.2) is 0 Å². The molecular formula is C12H25N3O. The van der Waals surface area contributed by atoms with Crippen LogP contribution in [-0.4, -0.2) is 61.5 Å². The second-order valence-electron chi connectivity index (χ2n) is 4.41. The Morgan fingerprint density at radius 2 is 1.88 bits per heavy atom.